The lowest BCUT2D eigenvalue weighted by Gasteiger charge is -2.02. The molecule has 2 aromatic carbocycles. The van der Waals surface area contributed by atoms with E-state index in [-0.39, 0.29) is 5.92 Å². The van der Waals surface area contributed by atoms with Crippen molar-refractivity contribution in [1.82, 2.24) is 9.97 Å². The molecule has 0 spiro atoms. The van der Waals surface area contributed by atoms with Crippen LogP contribution in [0.2, 0.25) is 0 Å². The average molecular weight is 296 g/mol. The van der Waals surface area contributed by atoms with E-state index in [1.165, 1.54) is 9.40 Å². The Bertz CT molecular complexity index is 751. The van der Waals surface area contributed by atoms with Crippen LogP contribution in [0.1, 0.15) is 22.9 Å². The Morgan fingerprint density at radius 1 is 0.750 bits per heavy atom. The Morgan fingerprint density at radius 3 is 1.65 bits per heavy atom. The number of aromatic nitrogens is 2. The second-order valence-electron chi connectivity index (χ2n) is 4.76. The summed E-state index contributed by atoms with van der Waals surface area (Å²) in [7, 11) is 0. The van der Waals surface area contributed by atoms with Gasteiger partial charge in [0.15, 0.2) is 0 Å². The SMILES string of the molecule is CC(c1nc2ccccc2s1)c1nc2ccccc2s1. The van der Waals surface area contributed by atoms with Crippen molar-refractivity contribution in [3.05, 3.63) is 58.5 Å². The Morgan fingerprint density at radius 2 is 1.20 bits per heavy atom. The first kappa shape index (κ1) is 12.0. The van der Waals surface area contributed by atoms with E-state index >= 15 is 0 Å². The van der Waals surface area contributed by atoms with E-state index in [2.05, 4.69) is 43.3 Å². The monoisotopic (exact) mass is 296 g/mol. The van der Waals surface area contributed by atoms with Gasteiger partial charge in [0, 0.05) is 0 Å². The van der Waals surface area contributed by atoms with Crippen LogP contribution in [0.15, 0.2) is 48.5 Å². The van der Waals surface area contributed by atoms with Crippen molar-refractivity contribution in [3.63, 3.8) is 0 Å². The summed E-state index contributed by atoms with van der Waals surface area (Å²) in [5, 5.41) is 2.29. The Kier molecular flexibility index (Phi) is 2.79. The second kappa shape index (κ2) is 4.65. The van der Waals surface area contributed by atoms with Crippen LogP contribution in [-0.2, 0) is 0 Å². The number of hydrogen-bond acceptors (Lipinski definition) is 4. The minimum atomic E-state index is 0.254. The van der Waals surface area contributed by atoms with Gasteiger partial charge in [-0.3, -0.25) is 0 Å². The van der Waals surface area contributed by atoms with Crippen molar-refractivity contribution < 1.29 is 0 Å². The van der Waals surface area contributed by atoms with Crippen LogP contribution >= 0.6 is 22.7 Å². The van der Waals surface area contributed by atoms with Crippen molar-refractivity contribution in [2.45, 2.75) is 12.8 Å². The first-order valence-corrected chi connectivity index (χ1v) is 8.15. The van der Waals surface area contributed by atoms with Gasteiger partial charge in [-0.05, 0) is 31.2 Å². The van der Waals surface area contributed by atoms with Gasteiger partial charge in [0.2, 0.25) is 0 Å². The van der Waals surface area contributed by atoms with Crippen LogP contribution < -0.4 is 0 Å². The lowest BCUT2D eigenvalue weighted by Crippen LogP contribution is -1.93. The first-order valence-electron chi connectivity index (χ1n) is 6.52. The highest BCUT2D eigenvalue weighted by atomic mass is 32.1. The number of hydrogen-bond donors (Lipinski definition) is 0. The van der Waals surface area contributed by atoms with Gasteiger partial charge in [-0.1, -0.05) is 24.3 Å². The standard InChI is InChI=1S/C16H12N2S2/c1-10(15-17-11-6-2-4-8-13(11)19-15)16-18-12-7-3-5-9-14(12)20-16/h2-10H,1H3. The van der Waals surface area contributed by atoms with Gasteiger partial charge in [0.05, 0.1) is 26.4 Å². The number of benzene rings is 2. The van der Waals surface area contributed by atoms with Gasteiger partial charge in [-0.25, -0.2) is 9.97 Å². The van der Waals surface area contributed by atoms with Gasteiger partial charge in [-0.15, -0.1) is 22.7 Å². The molecule has 2 heterocycles. The summed E-state index contributed by atoms with van der Waals surface area (Å²) < 4.78 is 2.49. The highest BCUT2D eigenvalue weighted by Gasteiger charge is 2.17. The molecule has 2 aromatic heterocycles. The van der Waals surface area contributed by atoms with Crippen molar-refractivity contribution >= 4 is 43.1 Å². The Balaban J connectivity index is 1.80. The van der Waals surface area contributed by atoms with E-state index in [4.69, 9.17) is 9.97 Å². The lowest BCUT2D eigenvalue weighted by atomic mass is 10.2. The molecule has 0 saturated heterocycles. The number of nitrogens with zero attached hydrogens (tertiary/aromatic N) is 2. The summed E-state index contributed by atoms with van der Waals surface area (Å²) in [6, 6.07) is 16.6. The van der Waals surface area contributed by atoms with Gasteiger partial charge in [0.25, 0.3) is 0 Å². The average Bonchev–Trinajstić information content (AvgIpc) is 3.10. The molecule has 4 heteroatoms. The molecule has 0 radical (unpaired) electrons. The molecule has 0 aliphatic carbocycles. The predicted molar refractivity (Wildman–Crippen MR) is 86.8 cm³/mol. The summed E-state index contributed by atoms with van der Waals surface area (Å²) in [6.45, 7) is 2.19. The highest BCUT2D eigenvalue weighted by Crippen LogP contribution is 2.35. The molecule has 2 nitrogen and oxygen atoms in total. The third-order valence-corrected chi connectivity index (χ3v) is 5.80. The molecular formula is C16H12N2S2. The molecule has 0 amide bonds. The fraction of sp³-hybridized carbons (Fsp3) is 0.125. The fourth-order valence-corrected chi connectivity index (χ4v) is 4.38. The number of fused-ring (bicyclic) bond motifs is 2. The molecule has 0 saturated carbocycles. The van der Waals surface area contributed by atoms with Crippen molar-refractivity contribution in [3.8, 4) is 0 Å². The van der Waals surface area contributed by atoms with E-state index in [1.807, 2.05) is 12.1 Å². The van der Waals surface area contributed by atoms with Crippen LogP contribution in [0.5, 0.6) is 0 Å². The zero-order valence-corrected chi connectivity index (χ0v) is 12.5. The van der Waals surface area contributed by atoms with E-state index < -0.39 is 0 Å². The predicted octanol–water partition coefficient (Wildman–Crippen LogP) is 5.06. The fourth-order valence-electron chi connectivity index (χ4n) is 2.26. The summed E-state index contributed by atoms with van der Waals surface area (Å²) in [5.74, 6) is 0.254. The van der Waals surface area contributed by atoms with Crippen molar-refractivity contribution in [2.24, 2.45) is 0 Å². The van der Waals surface area contributed by atoms with E-state index in [0.29, 0.717) is 0 Å². The van der Waals surface area contributed by atoms with Crippen LogP contribution in [0, 0.1) is 0 Å². The first-order chi connectivity index (χ1) is 9.81. The Hall–Kier alpha value is -1.78. The molecule has 0 unspecified atom stereocenters. The van der Waals surface area contributed by atoms with E-state index in [9.17, 15) is 0 Å². The van der Waals surface area contributed by atoms with Gasteiger partial charge in [-0.2, -0.15) is 0 Å². The molecule has 0 atom stereocenters. The van der Waals surface area contributed by atoms with E-state index in [0.717, 1.165) is 21.0 Å². The quantitative estimate of drug-likeness (QED) is 0.517. The second-order valence-corrected chi connectivity index (χ2v) is 6.89. The third kappa shape index (κ3) is 1.92. The van der Waals surface area contributed by atoms with Gasteiger partial charge in [0.1, 0.15) is 10.0 Å². The van der Waals surface area contributed by atoms with Crippen LogP contribution in [-0.4, -0.2) is 9.97 Å². The normalized spacial score (nSPS) is 11.7. The summed E-state index contributed by atoms with van der Waals surface area (Å²) in [6.07, 6.45) is 0. The zero-order valence-electron chi connectivity index (χ0n) is 10.9. The van der Waals surface area contributed by atoms with E-state index in [1.54, 1.807) is 22.7 Å². The zero-order chi connectivity index (χ0) is 13.5. The highest BCUT2D eigenvalue weighted by molar-refractivity contribution is 7.20. The molecule has 98 valence electrons. The van der Waals surface area contributed by atoms with Crippen molar-refractivity contribution in [2.75, 3.05) is 0 Å². The Labute approximate surface area is 124 Å². The number of para-hydroxylation sites is 2. The van der Waals surface area contributed by atoms with Crippen LogP contribution in [0.25, 0.3) is 20.4 Å². The molecule has 4 rings (SSSR count). The van der Waals surface area contributed by atoms with Crippen LogP contribution in [0.3, 0.4) is 0 Å². The molecule has 20 heavy (non-hydrogen) atoms. The van der Waals surface area contributed by atoms with Gasteiger partial charge >= 0.3 is 0 Å². The molecule has 0 N–H and O–H groups in total. The molecular weight excluding hydrogens is 284 g/mol. The molecule has 0 aliphatic heterocycles. The maximum absolute atomic E-state index is 4.74. The molecule has 0 bridgehead atoms. The summed E-state index contributed by atoms with van der Waals surface area (Å²) in [5.41, 5.74) is 2.17. The topological polar surface area (TPSA) is 25.8 Å². The lowest BCUT2D eigenvalue weighted by molar-refractivity contribution is 0.899. The minimum Gasteiger partial charge on any atom is -0.240 e. The molecule has 4 aromatic rings. The minimum absolute atomic E-state index is 0.254. The molecule has 0 fully saturated rings. The summed E-state index contributed by atoms with van der Waals surface area (Å²) in [4.78, 5) is 9.49. The maximum Gasteiger partial charge on any atom is 0.103 e. The molecule has 0 aliphatic rings. The maximum atomic E-state index is 4.74. The smallest absolute Gasteiger partial charge is 0.103 e. The number of rotatable bonds is 2. The third-order valence-electron chi connectivity index (χ3n) is 3.36. The van der Waals surface area contributed by atoms with Gasteiger partial charge < -0.3 is 0 Å². The number of thiazole rings is 2. The van der Waals surface area contributed by atoms with Crippen LogP contribution in [0.4, 0.5) is 0 Å². The largest absolute Gasteiger partial charge is 0.240 e. The van der Waals surface area contributed by atoms with Crippen molar-refractivity contribution in [1.29, 1.82) is 0 Å². The summed E-state index contributed by atoms with van der Waals surface area (Å²) >= 11 is 3.53.